The SMILES string of the molecule is CCCN(C(=O)c1ccc2c(c1)C(=O)c1ccccc1-2)C(C)C(=O)Nc1ccccc1. The molecular formula is C26H24N2O3. The molecule has 0 aliphatic heterocycles. The van der Waals surface area contributed by atoms with E-state index >= 15 is 0 Å². The fourth-order valence-electron chi connectivity index (χ4n) is 3.95. The lowest BCUT2D eigenvalue weighted by Gasteiger charge is -2.28. The van der Waals surface area contributed by atoms with Crippen molar-refractivity contribution in [3.05, 3.63) is 89.5 Å². The smallest absolute Gasteiger partial charge is 0.254 e. The summed E-state index contributed by atoms with van der Waals surface area (Å²) in [6, 6.07) is 21.2. The zero-order chi connectivity index (χ0) is 22.0. The lowest BCUT2D eigenvalue weighted by Crippen LogP contribution is -2.46. The molecule has 0 saturated carbocycles. The Balaban J connectivity index is 1.59. The van der Waals surface area contributed by atoms with Crippen LogP contribution >= 0.6 is 0 Å². The van der Waals surface area contributed by atoms with Crippen LogP contribution in [0, 0.1) is 0 Å². The monoisotopic (exact) mass is 412 g/mol. The Morgan fingerprint density at radius 1 is 0.871 bits per heavy atom. The first-order chi connectivity index (χ1) is 15.0. The molecule has 5 heteroatoms. The first-order valence-electron chi connectivity index (χ1n) is 10.5. The average Bonchev–Trinajstić information content (AvgIpc) is 3.09. The first kappa shape index (κ1) is 20.5. The van der Waals surface area contributed by atoms with Crippen LogP contribution in [0.1, 0.15) is 46.5 Å². The second kappa shape index (κ2) is 8.56. The van der Waals surface area contributed by atoms with Gasteiger partial charge in [-0.15, -0.1) is 0 Å². The van der Waals surface area contributed by atoms with Crippen LogP contribution in [0.3, 0.4) is 0 Å². The number of carbonyl (C=O) groups is 3. The Bertz CT molecular complexity index is 1150. The normalized spacial score (nSPS) is 12.6. The largest absolute Gasteiger partial charge is 0.327 e. The number of nitrogens with one attached hydrogen (secondary N) is 1. The average molecular weight is 412 g/mol. The van der Waals surface area contributed by atoms with Crippen molar-refractivity contribution in [1.82, 2.24) is 4.90 Å². The van der Waals surface area contributed by atoms with Crippen LogP contribution in [0.4, 0.5) is 5.69 Å². The summed E-state index contributed by atoms with van der Waals surface area (Å²) in [5.74, 6) is -0.584. The number of para-hydroxylation sites is 1. The maximum atomic E-state index is 13.3. The van der Waals surface area contributed by atoms with E-state index in [-0.39, 0.29) is 17.6 Å². The third kappa shape index (κ3) is 3.87. The van der Waals surface area contributed by atoms with Gasteiger partial charge in [0, 0.05) is 28.9 Å². The number of rotatable bonds is 6. The van der Waals surface area contributed by atoms with Gasteiger partial charge in [0.15, 0.2) is 5.78 Å². The summed E-state index contributed by atoms with van der Waals surface area (Å²) in [5.41, 5.74) is 4.02. The Morgan fingerprint density at radius 2 is 1.52 bits per heavy atom. The van der Waals surface area contributed by atoms with E-state index in [1.54, 1.807) is 42.2 Å². The molecule has 0 spiro atoms. The number of anilines is 1. The molecule has 0 aromatic heterocycles. The lowest BCUT2D eigenvalue weighted by molar-refractivity contribution is -0.120. The van der Waals surface area contributed by atoms with Gasteiger partial charge in [-0.1, -0.05) is 55.5 Å². The summed E-state index contributed by atoms with van der Waals surface area (Å²) in [5, 5.41) is 2.86. The maximum absolute atomic E-state index is 13.3. The van der Waals surface area contributed by atoms with Gasteiger partial charge in [0.1, 0.15) is 6.04 Å². The van der Waals surface area contributed by atoms with Crippen molar-refractivity contribution < 1.29 is 14.4 Å². The molecule has 4 rings (SSSR count). The predicted octanol–water partition coefficient (Wildman–Crippen LogP) is 4.78. The van der Waals surface area contributed by atoms with Gasteiger partial charge in [0.05, 0.1) is 0 Å². The van der Waals surface area contributed by atoms with Crippen LogP contribution in [0.25, 0.3) is 11.1 Å². The second-order valence-corrected chi connectivity index (χ2v) is 7.66. The molecule has 0 fully saturated rings. The van der Waals surface area contributed by atoms with E-state index in [1.165, 1.54) is 0 Å². The highest BCUT2D eigenvalue weighted by atomic mass is 16.2. The molecule has 1 aliphatic carbocycles. The van der Waals surface area contributed by atoms with Crippen molar-refractivity contribution in [3.8, 4) is 11.1 Å². The molecule has 2 amide bonds. The third-order valence-electron chi connectivity index (χ3n) is 5.59. The fourth-order valence-corrected chi connectivity index (χ4v) is 3.95. The van der Waals surface area contributed by atoms with Crippen molar-refractivity contribution in [3.63, 3.8) is 0 Å². The minimum Gasteiger partial charge on any atom is -0.327 e. The van der Waals surface area contributed by atoms with E-state index in [1.807, 2.05) is 49.4 Å². The van der Waals surface area contributed by atoms with Crippen molar-refractivity contribution in [2.45, 2.75) is 26.3 Å². The molecular weight excluding hydrogens is 388 g/mol. The van der Waals surface area contributed by atoms with E-state index in [4.69, 9.17) is 0 Å². The Hall–Kier alpha value is -3.73. The van der Waals surface area contributed by atoms with Crippen LogP contribution in [0.5, 0.6) is 0 Å². The summed E-state index contributed by atoms with van der Waals surface area (Å²) in [6.45, 7) is 4.12. The van der Waals surface area contributed by atoms with Crippen molar-refractivity contribution in [2.24, 2.45) is 0 Å². The van der Waals surface area contributed by atoms with Crippen LogP contribution < -0.4 is 5.32 Å². The summed E-state index contributed by atoms with van der Waals surface area (Å²) >= 11 is 0. The standard InChI is InChI=1S/C26H24N2O3/c1-3-15-28(17(2)25(30)27-19-9-5-4-6-10-19)26(31)18-13-14-21-20-11-7-8-12-22(20)24(29)23(21)16-18/h4-14,16-17H,3,15H2,1-2H3,(H,27,30). The van der Waals surface area contributed by atoms with Crippen LogP contribution in [-0.4, -0.2) is 35.1 Å². The number of benzene rings is 3. The number of amides is 2. The lowest BCUT2D eigenvalue weighted by atomic mass is 10.0. The predicted molar refractivity (Wildman–Crippen MR) is 121 cm³/mol. The third-order valence-corrected chi connectivity index (χ3v) is 5.59. The quantitative estimate of drug-likeness (QED) is 0.496. The Labute approximate surface area is 181 Å². The van der Waals surface area contributed by atoms with Crippen LogP contribution in [-0.2, 0) is 4.79 Å². The van der Waals surface area contributed by atoms with E-state index in [2.05, 4.69) is 5.32 Å². The maximum Gasteiger partial charge on any atom is 0.254 e. The molecule has 156 valence electrons. The van der Waals surface area contributed by atoms with Gasteiger partial charge < -0.3 is 10.2 Å². The molecule has 0 bridgehead atoms. The van der Waals surface area contributed by atoms with Crippen LogP contribution in [0.2, 0.25) is 0 Å². The van der Waals surface area contributed by atoms with E-state index in [0.29, 0.717) is 35.3 Å². The van der Waals surface area contributed by atoms with Crippen molar-refractivity contribution in [2.75, 3.05) is 11.9 Å². The summed E-state index contributed by atoms with van der Waals surface area (Å²) in [6.07, 6.45) is 0.712. The molecule has 31 heavy (non-hydrogen) atoms. The molecule has 3 aromatic rings. The summed E-state index contributed by atoms with van der Waals surface area (Å²) in [7, 11) is 0. The van der Waals surface area contributed by atoms with Crippen molar-refractivity contribution >= 4 is 23.3 Å². The molecule has 1 unspecified atom stereocenters. The van der Waals surface area contributed by atoms with Gasteiger partial charge in [-0.3, -0.25) is 14.4 Å². The minimum absolute atomic E-state index is 0.0721. The highest BCUT2D eigenvalue weighted by molar-refractivity contribution is 6.22. The molecule has 1 aliphatic rings. The van der Waals surface area contributed by atoms with Gasteiger partial charge >= 0.3 is 0 Å². The highest BCUT2D eigenvalue weighted by Crippen LogP contribution is 2.36. The van der Waals surface area contributed by atoms with E-state index < -0.39 is 6.04 Å². The van der Waals surface area contributed by atoms with Gasteiger partial charge in [-0.25, -0.2) is 0 Å². The number of ketones is 1. The zero-order valence-electron chi connectivity index (χ0n) is 17.6. The molecule has 1 N–H and O–H groups in total. The number of fused-ring (bicyclic) bond motifs is 3. The van der Waals surface area contributed by atoms with Gasteiger partial charge in [-0.2, -0.15) is 0 Å². The number of carbonyl (C=O) groups excluding carboxylic acids is 3. The fraction of sp³-hybridized carbons (Fsp3) is 0.192. The molecule has 3 aromatic carbocycles. The van der Waals surface area contributed by atoms with Gasteiger partial charge in [0.2, 0.25) is 5.91 Å². The number of hydrogen-bond acceptors (Lipinski definition) is 3. The van der Waals surface area contributed by atoms with E-state index in [9.17, 15) is 14.4 Å². The first-order valence-corrected chi connectivity index (χ1v) is 10.5. The highest BCUT2D eigenvalue weighted by Gasteiger charge is 2.30. The Kier molecular flexibility index (Phi) is 5.67. The number of hydrogen-bond donors (Lipinski definition) is 1. The van der Waals surface area contributed by atoms with E-state index in [0.717, 1.165) is 11.1 Å². The Morgan fingerprint density at radius 3 is 2.23 bits per heavy atom. The zero-order valence-corrected chi connectivity index (χ0v) is 17.6. The second-order valence-electron chi connectivity index (χ2n) is 7.66. The minimum atomic E-state index is -0.659. The topological polar surface area (TPSA) is 66.5 Å². The van der Waals surface area contributed by atoms with Crippen molar-refractivity contribution in [1.29, 1.82) is 0 Å². The summed E-state index contributed by atoms with van der Waals surface area (Å²) < 4.78 is 0. The molecule has 0 radical (unpaired) electrons. The molecule has 0 heterocycles. The summed E-state index contributed by atoms with van der Waals surface area (Å²) in [4.78, 5) is 40.5. The number of nitrogens with zero attached hydrogens (tertiary/aromatic N) is 1. The molecule has 0 saturated heterocycles. The van der Waals surface area contributed by atoms with Gasteiger partial charge in [0.25, 0.3) is 5.91 Å². The molecule has 1 atom stereocenters. The molecule has 5 nitrogen and oxygen atoms in total. The van der Waals surface area contributed by atoms with Gasteiger partial charge in [-0.05, 0) is 48.7 Å². The van der Waals surface area contributed by atoms with Crippen LogP contribution in [0.15, 0.2) is 72.8 Å².